The van der Waals surface area contributed by atoms with Crippen LogP contribution in [0.25, 0.3) is 5.57 Å². The standard InChI is InChI=1S/C25H24F4N2O4/c1-4-35-22-12-15(6-10-21(22)32)14-5-9-20(19(26)11-14)31-23(33)30-16-7-8-17(24(2,3)34)18(13-16)25(27,28)29/h5-9,11-13,34H,4,10H2,1-3H3,(H2,30,31,33). The quantitative estimate of drug-likeness (QED) is 0.432. The van der Waals surface area contributed by atoms with Crippen LogP contribution in [0.1, 0.15) is 43.9 Å². The third kappa shape index (κ3) is 6.27. The van der Waals surface area contributed by atoms with Gasteiger partial charge in [-0.05, 0) is 67.8 Å². The third-order valence-electron chi connectivity index (χ3n) is 5.16. The Bertz CT molecular complexity index is 1210. The van der Waals surface area contributed by atoms with E-state index in [1.54, 1.807) is 13.0 Å². The summed E-state index contributed by atoms with van der Waals surface area (Å²) in [6.45, 7) is 4.49. The van der Waals surface area contributed by atoms with Gasteiger partial charge in [0.15, 0.2) is 5.76 Å². The third-order valence-corrected chi connectivity index (χ3v) is 5.16. The largest absolute Gasteiger partial charge is 0.490 e. The summed E-state index contributed by atoms with van der Waals surface area (Å²) in [5, 5.41) is 14.5. The number of urea groups is 1. The molecule has 0 atom stereocenters. The number of carbonyl (C=O) groups is 2. The van der Waals surface area contributed by atoms with Gasteiger partial charge in [-0.15, -0.1) is 0 Å². The van der Waals surface area contributed by atoms with E-state index in [1.165, 1.54) is 38.1 Å². The van der Waals surface area contributed by atoms with Crippen molar-refractivity contribution in [3.05, 3.63) is 76.8 Å². The normalized spacial score (nSPS) is 14.2. The van der Waals surface area contributed by atoms with Gasteiger partial charge < -0.3 is 20.5 Å². The number of hydrogen-bond acceptors (Lipinski definition) is 4. The maximum absolute atomic E-state index is 14.7. The van der Waals surface area contributed by atoms with E-state index in [9.17, 15) is 32.3 Å². The van der Waals surface area contributed by atoms with Gasteiger partial charge in [-0.2, -0.15) is 13.2 Å². The molecule has 2 aromatic rings. The Hall–Kier alpha value is -3.66. The molecular weight excluding hydrogens is 468 g/mol. The molecule has 1 aliphatic rings. The summed E-state index contributed by atoms with van der Waals surface area (Å²) in [4.78, 5) is 24.2. The van der Waals surface area contributed by atoms with Gasteiger partial charge in [0.2, 0.25) is 5.78 Å². The van der Waals surface area contributed by atoms with Gasteiger partial charge in [0.05, 0.1) is 23.5 Å². The number of halogens is 4. The van der Waals surface area contributed by atoms with Crippen LogP contribution in [-0.2, 0) is 21.3 Å². The average molecular weight is 492 g/mol. The van der Waals surface area contributed by atoms with E-state index in [0.717, 1.165) is 12.1 Å². The Morgan fingerprint density at radius 3 is 2.40 bits per heavy atom. The second-order valence-electron chi connectivity index (χ2n) is 8.32. The summed E-state index contributed by atoms with van der Waals surface area (Å²) >= 11 is 0. The molecule has 6 nitrogen and oxygen atoms in total. The number of Topliss-reactive ketones (excluding diaryl/α,β-unsaturated/α-hetero) is 1. The van der Waals surface area contributed by atoms with Crippen LogP contribution in [-0.4, -0.2) is 23.5 Å². The van der Waals surface area contributed by atoms with Crippen LogP contribution in [0, 0.1) is 5.82 Å². The molecule has 0 aromatic heterocycles. The zero-order valence-corrected chi connectivity index (χ0v) is 19.2. The van der Waals surface area contributed by atoms with Gasteiger partial charge in [-0.25, -0.2) is 9.18 Å². The number of alkyl halides is 3. The zero-order valence-electron chi connectivity index (χ0n) is 19.2. The van der Waals surface area contributed by atoms with Crippen LogP contribution in [0.4, 0.5) is 33.7 Å². The molecule has 186 valence electrons. The van der Waals surface area contributed by atoms with Crippen molar-refractivity contribution in [2.45, 2.75) is 39.0 Å². The molecule has 2 amide bonds. The molecule has 0 unspecified atom stereocenters. The lowest BCUT2D eigenvalue weighted by molar-refractivity contribution is -0.140. The summed E-state index contributed by atoms with van der Waals surface area (Å²) in [6.07, 6.45) is -1.51. The highest BCUT2D eigenvalue weighted by molar-refractivity contribution is 6.02. The minimum atomic E-state index is -4.76. The van der Waals surface area contributed by atoms with E-state index in [2.05, 4.69) is 10.6 Å². The van der Waals surface area contributed by atoms with E-state index in [1.807, 2.05) is 0 Å². The number of hydrogen-bond donors (Lipinski definition) is 3. The van der Waals surface area contributed by atoms with Crippen molar-refractivity contribution in [1.82, 2.24) is 0 Å². The molecule has 10 heteroatoms. The first-order valence-electron chi connectivity index (χ1n) is 10.7. The minimum absolute atomic E-state index is 0.108. The van der Waals surface area contributed by atoms with Crippen molar-refractivity contribution in [3.63, 3.8) is 0 Å². The molecule has 3 N–H and O–H groups in total. The van der Waals surface area contributed by atoms with E-state index < -0.39 is 29.2 Å². The first-order valence-corrected chi connectivity index (χ1v) is 10.7. The molecule has 0 heterocycles. The summed E-state index contributed by atoms with van der Waals surface area (Å²) in [6, 6.07) is 6.01. The minimum Gasteiger partial charge on any atom is -0.490 e. The van der Waals surface area contributed by atoms with Gasteiger partial charge >= 0.3 is 12.2 Å². The van der Waals surface area contributed by atoms with Crippen molar-refractivity contribution in [2.24, 2.45) is 0 Å². The van der Waals surface area contributed by atoms with E-state index in [0.29, 0.717) is 23.8 Å². The molecule has 0 saturated heterocycles. The van der Waals surface area contributed by atoms with Crippen LogP contribution in [0.5, 0.6) is 0 Å². The number of carbonyl (C=O) groups excluding carboxylic acids is 2. The van der Waals surface area contributed by atoms with E-state index >= 15 is 0 Å². The second kappa shape index (κ2) is 9.91. The number of amides is 2. The number of allylic oxidation sites excluding steroid dienone is 4. The number of anilines is 2. The average Bonchev–Trinajstić information content (AvgIpc) is 2.75. The fourth-order valence-corrected chi connectivity index (χ4v) is 3.53. The highest BCUT2D eigenvalue weighted by Crippen LogP contribution is 2.38. The molecule has 35 heavy (non-hydrogen) atoms. The Morgan fingerprint density at radius 2 is 1.80 bits per heavy atom. The van der Waals surface area contributed by atoms with Gasteiger partial charge in [0.1, 0.15) is 5.82 Å². The fraction of sp³-hybridized carbons (Fsp3) is 0.280. The Kier molecular flexibility index (Phi) is 7.35. The number of benzene rings is 2. The van der Waals surface area contributed by atoms with Crippen molar-refractivity contribution in [3.8, 4) is 0 Å². The Balaban J connectivity index is 1.76. The molecular formula is C25H24F4N2O4. The first kappa shape index (κ1) is 26.0. The summed E-state index contributed by atoms with van der Waals surface area (Å²) in [7, 11) is 0. The molecule has 0 fully saturated rings. The fourth-order valence-electron chi connectivity index (χ4n) is 3.53. The van der Waals surface area contributed by atoms with Gasteiger partial charge in [-0.1, -0.05) is 18.2 Å². The van der Waals surface area contributed by atoms with Crippen molar-refractivity contribution < 1.29 is 37.0 Å². The summed E-state index contributed by atoms with van der Waals surface area (Å²) in [5.74, 6) is -0.786. The number of ether oxygens (including phenoxy) is 1. The van der Waals surface area contributed by atoms with Crippen molar-refractivity contribution in [1.29, 1.82) is 0 Å². The van der Waals surface area contributed by atoms with Crippen LogP contribution in [0.3, 0.4) is 0 Å². The number of ketones is 1. The number of aliphatic hydroxyl groups is 1. The van der Waals surface area contributed by atoms with Gasteiger partial charge in [-0.3, -0.25) is 4.79 Å². The lowest BCUT2D eigenvalue weighted by Crippen LogP contribution is -2.24. The maximum atomic E-state index is 14.7. The highest BCUT2D eigenvalue weighted by atomic mass is 19.4. The molecule has 0 saturated carbocycles. The van der Waals surface area contributed by atoms with Crippen LogP contribution >= 0.6 is 0 Å². The SMILES string of the molecule is CCOC1=CC(c2ccc(NC(=O)Nc3ccc(C(C)(C)O)c(C(F)(F)F)c3)c(F)c2)=CCC1=O. The summed E-state index contributed by atoms with van der Waals surface area (Å²) < 4.78 is 60.3. The highest BCUT2D eigenvalue weighted by Gasteiger charge is 2.37. The molecule has 0 aliphatic heterocycles. The second-order valence-corrected chi connectivity index (χ2v) is 8.32. The Labute approximate surface area is 199 Å². The lowest BCUT2D eigenvalue weighted by Gasteiger charge is -2.23. The molecule has 1 aliphatic carbocycles. The predicted molar refractivity (Wildman–Crippen MR) is 123 cm³/mol. The van der Waals surface area contributed by atoms with Gasteiger partial charge in [0.25, 0.3) is 0 Å². The van der Waals surface area contributed by atoms with Crippen LogP contribution in [0.15, 0.2) is 54.3 Å². The molecule has 0 bridgehead atoms. The van der Waals surface area contributed by atoms with Crippen molar-refractivity contribution >= 4 is 28.8 Å². The molecule has 3 rings (SSSR count). The van der Waals surface area contributed by atoms with Gasteiger partial charge in [0, 0.05) is 12.1 Å². The molecule has 0 radical (unpaired) electrons. The van der Waals surface area contributed by atoms with Crippen LogP contribution < -0.4 is 10.6 Å². The topological polar surface area (TPSA) is 87.7 Å². The maximum Gasteiger partial charge on any atom is 0.416 e. The number of nitrogens with one attached hydrogen (secondary N) is 2. The van der Waals surface area contributed by atoms with Crippen molar-refractivity contribution in [2.75, 3.05) is 17.2 Å². The lowest BCUT2D eigenvalue weighted by atomic mass is 9.92. The monoisotopic (exact) mass is 492 g/mol. The number of rotatable bonds is 6. The van der Waals surface area contributed by atoms with E-state index in [-0.39, 0.29) is 34.9 Å². The Morgan fingerprint density at radius 1 is 1.09 bits per heavy atom. The first-order chi connectivity index (χ1) is 16.3. The smallest absolute Gasteiger partial charge is 0.416 e. The molecule has 2 aromatic carbocycles. The zero-order chi connectivity index (χ0) is 26.0. The van der Waals surface area contributed by atoms with Crippen LogP contribution in [0.2, 0.25) is 0 Å². The van der Waals surface area contributed by atoms with E-state index in [4.69, 9.17) is 4.74 Å². The molecule has 0 spiro atoms. The summed E-state index contributed by atoms with van der Waals surface area (Å²) in [5.41, 5.74) is -2.56. The predicted octanol–water partition coefficient (Wildman–Crippen LogP) is 5.99.